The SMILES string of the molecule is CCCCN1C2=NCCN2C(O)(c2ccccc2)c2ccc(Cl)cc21. The predicted molar refractivity (Wildman–Crippen MR) is 102 cm³/mol. The Morgan fingerprint density at radius 3 is 2.76 bits per heavy atom. The molecule has 0 spiro atoms. The third kappa shape index (κ3) is 2.52. The molecule has 1 unspecified atom stereocenters. The molecule has 5 heteroatoms. The second kappa shape index (κ2) is 6.36. The Bertz CT molecular complexity index is 808. The number of unbranched alkanes of at least 4 members (excludes halogenated alkanes) is 1. The molecule has 2 aromatic rings. The Hall–Kier alpha value is -2.04. The zero-order valence-corrected chi connectivity index (χ0v) is 15.1. The normalized spacial score (nSPS) is 21.8. The summed E-state index contributed by atoms with van der Waals surface area (Å²) in [6.45, 7) is 4.43. The van der Waals surface area contributed by atoms with E-state index in [4.69, 9.17) is 16.6 Å². The van der Waals surface area contributed by atoms with E-state index in [1.807, 2.05) is 53.4 Å². The van der Waals surface area contributed by atoms with Gasteiger partial charge in [0, 0.05) is 29.2 Å². The summed E-state index contributed by atoms with van der Waals surface area (Å²) >= 11 is 6.30. The van der Waals surface area contributed by atoms with Gasteiger partial charge < -0.3 is 14.9 Å². The lowest BCUT2D eigenvalue weighted by Gasteiger charge is -2.48. The van der Waals surface area contributed by atoms with Crippen LogP contribution in [0.3, 0.4) is 0 Å². The molecule has 1 atom stereocenters. The van der Waals surface area contributed by atoms with Crippen LogP contribution in [0.2, 0.25) is 5.02 Å². The van der Waals surface area contributed by atoms with Crippen LogP contribution in [0.15, 0.2) is 53.5 Å². The molecule has 0 saturated heterocycles. The van der Waals surface area contributed by atoms with Crippen molar-refractivity contribution in [3.8, 4) is 0 Å². The number of fused-ring (bicyclic) bond motifs is 2. The number of hydrogen-bond donors (Lipinski definition) is 1. The molecular formula is C20H22ClN3O. The summed E-state index contributed by atoms with van der Waals surface area (Å²) in [5, 5.41) is 12.5. The molecule has 0 amide bonds. The number of benzene rings is 2. The molecule has 2 heterocycles. The minimum absolute atomic E-state index is 0.669. The number of hydrogen-bond acceptors (Lipinski definition) is 4. The van der Waals surface area contributed by atoms with Crippen molar-refractivity contribution in [2.75, 3.05) is 24.5 Å². The van der Waals surface area contributed by atoms with E-state index in [1.54, 1.807) is 0 Å². The van der Waals surface area contributed by atoms with Crippen LogP contribution in [0.25, 0.3) is 0 Å². The van der Waals surface area contributed by atoms with Gasteiger partial charge in [-0.1, -0.05) is 61.3 Å². The molecule has 4 rings (SSSR count). The van der Waals surface area contributed by atoms with Crippen molar-refractivity contribution < 1.29 is 5.11 Å². The van der Waals surface area contributed by atoms with Gasteiger partial charge in [-0.3, -0.25) is 4.99 Å². The summed E-state index contributed by atoms with van der Waals surface area (Å²) in [6, 6.07) is 15.6. The average molecular weight is 356 g/mol. The third-order valence-corrected chi connectivity index (χ3v) is 5.22. The van der Waals surface area contributed by atoms with Crippen LogP contribution in [0.5, 0.6) is 0 Å². The zero-order chi connectivity index (χ0) is 17.4. The van der Waals surface area contributed by atoms with Crippen molar-refractivity contribution in [2.45, 2.75) is 25.5 Å². The maximum Gasteiger partial charge on any atom is 0.204 e. The molecule has 0 fully saturated rings. The van der Waals surface area contributed by atoms with Crippen molar-refractivity contribution in [3.63, 3.8) is 0 Å². The summed E-state index contributed by atoms with van der Waals surface area (Å²) in [4.78, 5) is 8.93. The van der Waals surface area contributed by atoms with Crippen molar-refractivity contribution in [3.05, 3.63) is 64.7 Å². The van der Waals surface area contributed by atoms with E-state index >= 15 is 0 Å². The highest BCUT2D eigenvalue weighted by atomic mass is 35.5. The highest BCUT2D eigenvalue weighted by Crippen LogP contribution is 2.45. The van der Waals surface area contributed by atoms with Gasteiger partial charge in [0.2, 0.25) is 5.96 Å². The van der Waals surface area contributed by atoms with Crippen molar-refractivity contribution >= 4 is 23.2 Å². The van der Waals surface area contributed by atoms with E-state index in [0.717, 1.165) is 42.2 Å². The highest BCUT2D eigenvalue weighted by molar-refractivity contribution is 6.31. The predicted octanol–water partition coefficient (Wildman–Crippen LogP) is 3.83. The molecule has 130 valence electrons. The summed E-state index contributed by atoms with van der Waals surface area (Å²) < 4.78 is 0. The number of anilines is 1. The molecule has 0 bridgehead atoms. The lowest BCUT2D eigenvalue weighted by atomic mass is 9.89. The first-order chi connectivity index (χ1) is 12.2. The summed E-state index contributed by atoms with van der Waals surface area (Å²) in [7, 11) is 0. The van der Waals surface area contributed by atoms with Crippen LogP contribution in [0, 0.1) is 0 Å². The number of nitrogens with zero attached hydrogens (tertiary/aromatic N) is 3. The van der Waals surface area contributed by atoms with E-state index in [0.29, 0.717) is 18.1 Å². The number of aliphatic imine (C=N–C) groups is 1. The topological polar surface area (TPSA) is 39.1 Å². The maximum atomic E-state index is 11.9. The van der Waals surface area contributed by atoms with Gasteiger partial charge in [0.15, 0.2) is 5.72 Å². The van der Waals surface area contributed by atoms with Crippen molar-refractivity contribution in [1.29, 1.82) is 0 Å². The zero-order valence-electron chi connectivity index (χ0n) is 14.3. The van der Waals surface area contributed by atoms with Gasteiger partial charge in [0.05, 0.1) is 12.2 Å². The fraction of sp³-hybridized carbons (Fsp3) is 0.350. The van der Waals surface area contributed by atoms with E-state index < -0.39 is 5.72 Å². The second-order valence-corrected chi connectivity index (χ2v) is 6.97. The van der Waals surface area contributed by atoms with Crippen LogP contribution in [0.4, 0.5) is 5.69 Å². The summed E-state index contributed by atoms with van der Waals surface area (Å²) in [6.07, 6.45) is 2.16. The van der Waals surface area contributed by atoms with Gasteiger partial charge in [-0.25, -0.2) is 0 Å². The molecule has 1 N–H and O–H groups in total. The Morgan fingerprint density at radius 2 is 2.00 bits per heavy atom. The van der Waals surface area contributed by atoms with Gasteiger partial charge in [-0.15, -0.1) is 0 Å². The van der Waals surface area contributed by atoms with Crippen LogP contribution < -0.4 is 4.90 Å². The summed E-state index contributed by atoms with van der Waals surface area (Å²) in [5.74, 6) is 0.842. The van der Waals surface area contributed by atoms with E-state index in [-0.39, 0.29) is 0 Å². The number of guanidine groups is 1. The quantitative estimate of drug-likeness (QED) is 0.906. The molecule has 2 aromatic carbocycles. The van der Waals surface area contributed by atoms with E-state index in [1.165, 1.54) is 0 Å². The minimum Gasteiger partial charge on any atom is -0.363 e. The summed E-state index contributed by atoms with van der Waals surface area (Å²) in [5.41, 5.74) is 1.44. The Balaban J connectivity index is 1.93. The second-order valence-electron chi connectivity index (χ2n) is 6.54. The monoisotopic (exact) mass is 355 g/mol. The first kappa shape index (κ1) is 16.4. The van der Waals surface area contributed by atoms with E-state index in [9.17, 15) is 5.11 Å². The van der Waals surface area contributed by atoms with Crippen LogP contribution >= 0.6 is 11.6 Å². The van der Waals surface area contributed by atoms with Crippen LogP contribution in [-0.4, -0.2) is 35.6 Å². The highest BCUT2D eigenvalue weighted by Gasteiger charge is 2.49. The molecule has 2 aliphatic heterocycles. The van der Waals surface area contributed by atoms with Gasteiger partial charge in [-0.2, -0.15) is 0 Å². The third-order valence-electron chi connectivity index (χ3n) is 4.99. The Morgan fingerprint density at radius 1 is 1.20 bits per heavy atom. The molecule has 0 radical (unpaired) electrons. The van der Waals surface area contributed by atoms with E-state index in [2.05, 4.69) is 11.8 Å². The molecule has 0 aliphatic carbocycles. The fourth-order valence-corrected chi connectivity index (χ4v) is 3.93. The minimum atomic E-state index is -1.22. The molecule has 25 heavy (non-hydrogen) atoms. The lowest BCUT2D eigenvalue weighted by Crippen LogP contribution is -2.58. The van der Waals surface area contributed by atoms with Crippen LogP contribution in [-0.2, 0) is 5.72 Å². The smallest absolute Gasteiger partial charge is 0.204 e. The van der Waals surface area contributed by atoms with Gasteiger partial charge in [0.25, 0.3) is 0 Å². The average Bonchev–Trinajstić information content (AvgIpc) is 3.12. The Labute approximate surface area is 153 Å². The molecule has 2 aliphatic rings. The lowest BCUT2D eigenvalue weighted by molar-refractivity contribution is -0.0359. The molecule has 0 saturated carbocycles. The van der Waals surface area contributed by atoms with Crippen molar-refractivity contribution in [2.24, 2.45) is 4.99 Å². The first-order valence-electron chi connectivity index (χ1n) is 8.84. The molecule has 0 aromatic heterocycles. The Kier molecular flexibility index (Phi) is 4.18. The van der Waals surface area contributed by atoms with Gasteiger partial charge >= 0.3 is 0 Å². The number of halogens is 1. The van der Waals surface area contributed by atoms with Gasteiger partial charge in [0.1, 0.15) is 0 Å². The van der Waals surface area contributed by atoms with Crippen molar-refractivity contribution in [1.82, 2.24) is 4.90 Å². The largest absolute Gasteiger partial charge is 0.363 e. The number of rotatable bonds is 4. The maximum absolute atomic E-state index is 11.9. The molecular weight excluding hydrogens is 334 g/mol. The first-order valence-corrected chi connectivity index (χ1v) is 9.21. The van der Waals surface area contributed by atoms with Crippen LogP contribution in [0.1, 0.15) is 30.9 Å². The van der Waals surface area contributed by atoms with Gasteiger partial charge in [-0.05, 0) is 18.6 Å². The molecule has 4 nitrogen and oxygen atoms in total. The fourth-order valence-electron chi connectivity index (χ4n) is 3.77. The standard InChI is InChI=1S/C20H22ClN3O/c1-2-3-12-23-18-14-16(21)9-10-17(18)20(25,15-7-5-4-6-8-15)24-13-11-22-19(23)24/h4-10,14,25H,2-3,11-13H2,1H3. The number of aliphatic hydroxyl groups is 1.